The Hall–Kier alpha value is -1.96. The van der Waals surface area contributed by atoms with Gasteiger partial charge < -0.3 is 26.0 Å². The molecule has 3 rings (SSSR count). The number of rotatable bonds is 15. The standard InChI is InChI=1S/C30H48N2O5/c1-20(2)15-26(33)29(36)25(17-21-9-5-3-6-10-21)32(19-27(34)23-11-7-4-8-12-23)30(37)24(18-28(31)35)16-22-13-14-22/h4,7-8,11-12,20-22,24-27,29,33-34,36H,3,5-6,9-10,13-19H2,1-2H3,(H2,31,35)/t24?,25-,26-,27-,29+/m0/s1. The zero-order chi connectivity index (χ0) is 26.9. The number of aliphatic hydroxyl groups is 3. The van der Waals surface area contributed by atoms with E-state index in [9.17, 15) is 24.9 Å². The van der Waals surface area contributed by atoms with E-state index in [2.05, 4.69) is 0 Å². The van der Waals surface area contributed by atoms with Crippen LogP contribution >= 0.6 is 0 Å². The molecule has 0 spiro atoms. The van der Waals surface area contributed by atoms with Gasteiger partial charge in [0.15, 0.2) is 0 Å². The summed E-state index contributed by atoms with van der Waals surface area (Å²) in [5.41, 5.74) is 6.24. The van der Waals surface area contributed by atoms with Gasteiger partial charge in [0.2, 0.25) is 11.8 Å². The van der Waals surface area contributed by atoms with Gasteiger partial charge in [-0.1, -0.05) is 89.1 Å². The summed E-state index contributed by atoms with van der Waals surface area (Å²) < 4.78 is 0. The first-order chi connectivity index (χ1) is 17.7. The van der Waals surface area contributed by atoms with Gasteiger partial charge >= 0.3 is 0 Å². The highest BCUT2D eigenvalue weighted by Gasteiger charge is 2.40. The van der Waals surface area contributed by atoms with E-state index >= 15 is 0 Å². The molecule has 208 valence electrons. The number of nitrogens with zero attached hydrogens (tertiary/aromatic N) is 1. The average molecular weight is 517 g/mol. The lowest BCUT2D eigenvalue weighted by atomic mass is 9.81. The van der Waals surface area contributed by atoms with Crippen LogP contribution in [0.3, 0.4) is 0 Å². The summed E-state index contributed by atoms with van der Waals surface area (Å²) in [7, 11) is 0. The molecular formula is C30H48N2O5. The van der Waals surface area contributed by atoms with Crippen molar-refractivity contribution in [2.24, 2.45) is 29.4 Å². The smallest absolute Gasteiger partial charge is 0.226 e. The molecule has 2 amide bonds. The molecule has 0 aromatic heterocycles. The zero-order valence-corrected chi connectivity index (χ0v) is 22.7. The molecule has 5 N–H and O–H groups in total. The van der Waals surface area contributed by atoms with Crippen LogP contribution in [0.15, 0.2) is 30.3 Å². The van der Waals surface area contributed by atoms with Gasteiger partial charge in [-0.15, -0.1) is 0 Å². The fourth-order valence-electron chi connectivity index (χ4n) is 5.95. The molecule has 5 atom stereocenters. The zero-order valence-electron chi connectivity index (χ0n) is 22.7. The second-order valence-electron chi connectivity index (χ2n) is 12.0. The molecule has 2 fully saturated rings. The van der Waals surface area contributed by atoms with E-state index in [1.165, 1.54) is 6.42 Å². The van der Waals surface area contributed by atoms with Crippen LogP contribution in [-0.4, -0.2) is 56.8 Å². The molecule has 7 nitrogen and oxygen atoms in total. The van der Waals surface area contributed by atoms with Gasteiger partial charge in [0, 0.05) is 12.3 Å². The first-order valence-corrected chi connectivity index (χ1v) is 14.3. The van der Waals surface area contributed by atoms with Crippen LogP contribution < -0.4 is 5.73 Å². The number of carbonyl (C=O) groups is 2. The minimum Gasteiger partial charge on any atom is -0.390 e. The van der Waals surface area contributed by atoms with Crippen molar-refractivity contribution in [1.29, 1.82) is 0 Å². The van der Waals surface area contributed by atoms with Gasteiger partial charge in [-0.25, -0.2) is 0 Å². The van der Waals surface area contributed by atoms with E-state index in [1.54, 1.807) is 4.90 Å². The molecule has 2 saturated carbocycles. The van der Waals surface area contributed by atoms with Gasteiger partial charge in [0.25, 0.3) is 0 Å². The number of aliphatic hydroxyl groups excluding tert-OH is 3. The highest BCUT2D eigenvalue weighted by atomic mass is 16.3. The van der Waals surface area contributed by atoms with Crippen molar-refractivity contribution in [3.63, 3.8) is 0 Å². The normalized spacial score (nSPS) is 20.7. The van der Waals surface area contributed by atoms with Crippen LogP contribution in [-0.2, 0) is 9.59 Å². The Morgan fingerprint density at radius 3 is 2.14 bits per heavy atom. The van der Waals surface area contributed by atoms with Crippen molar-refractivity contribution in [3.8, 4) is 0 Å². The van der Waals surface area contributed by atoms with Crippen molar-refractivity contribution in [2.45, 2.75) is 109 Å². The molecule has 0 saturated heterocycles. The van der Waals surface area contributed by atoms with Gasteiger partial charge in [0.05, 0.1) is 24.8 Å². The Kier molecular flexibility index (Phi) is 11.4. The van der Waals surface area contributed by atoms with Crippen LogP contribution in [0, 0.1) is 23.7 Å². The number of primary amides is 1. The van der Waals surface area contributed by atoms with Gasteiger partial charge in [-0.3, -0.25) is 9.59 Å². The first-order valence-electron chi connectivity index (χ1n) is 14.3. The van der Waals surface area contributed by atoms with Crippen LogP contribution in [0.1, 0.15) is 96.1 Å². The highest BCUT2D eigenvalue weighted by Crippen LogP contribution is 2.38. The van der Waals surface area contributed by atoms with Crippen molar-refractivity contribution in [3.05, 3.63) is 35.9 Å². The molecule has 0 aliphatic heterocycles. The van der Waals surface area contributed by atoms with Crippen molar-refractivity contribution < 1.29 is 24.9 Å². The third kappa shape index (κ3) is 9.38. The number of carbonyl (C=O) groups excluding carboxylic acids is 2. The Labute approximate surface area is 222 Å². The number of nitrogens with two attached hydrogens (primary N) is 1. The largest absolute Gasteiger partial charge is 0.390 e. The summed E-state index contributed by atoms with van der Waals surface area (Å²) in [5.74, 6) is -0.443. The van der Waals surface area contributed by atoms with Crippen molar-refractivity contribution in [2.75, 3.05) is 6.54 Å². The van der Waals surface area contributed by atoms with E-state index in [4.69, 9.17) is 5.73 Å². The van der Waals surface area contributed by atoms with E-state index in [0.29, 0.717) is 36.7 Å². The Morgan fingerprint density at radius 1 is 0.946 bits per heavy atom. The third-order valence-electron chi connectivity index (χ3n) is 8.15. The highest BCUT2D eigenvalue weighted by molar-refractivity contribution is 5.85. The molecule has 0 bridgehead atoms. The lowest BCUT2D eigenvalue weighted by molar-refractivity contribution is -0.148. The van der Waals surface area contributed by atoms with E-state index in [1.807, 2.05) is 44.2 Å². The molecule has 2 aliphatic carbocycles. The number of hydrogen-bond donors (Lipinski definition) is 4. The monoisotopic (exact) mass is 516 g/mol. The predicted molar refractivity (Wildman–Crippen MR) is 144 cm³/mol. The minimum atomic E-state index is -1.15. The molecule has 1 aromatic carbocycles. The second-order valence-corrected chi connectivity index (χ2v) is 12.0. The summed E-state index contributed by atoms with van der Waals surface area (Å²) in [6.07, 6.45) is 5.99. The van der Waals surface area contributed by atoms with Gasteiger partial charge in [-0.2, -0.15) is 0 Å². The molecule has 1 unspecified atom stereocenters. The minimum absolute atomic E-state index is 0.00831. The molecule has 7 heteroatoms. The fraction of sp³-hybridized carbons (Fsp3) is 0.733. The van der Waals surface area contributed by atoms with Crippen molar-refractivity contribution in [1.82, 2.24) is 4.90 Å². The lowest BCUT2D eigenvalue weighted by Gasteiger charge is -2.41. The molecule has 1 aromatic rings. The fourth-order valence-corrected chi connectivity index (χ4v) is 5.95. The molecule has 2 aliphatic rings. The third-order valence-corrected chi connectivity index (χ3v) is 8.15. The maximum atomic E-state index is 14.2. The van der Waals surface area contributed by atoms with Crippen molar-refractivity contribution >= 4 is 11.8 Å². The lowest BCUT2D eigenvalue weighted by Crippen LogP contribution is -2.55. The average Bonchev–Trinajstić information content (AvgIpc) is 3.69. The summed E-state index contributed by atoms with van der Waals surface area (Å²) in [5, 5.41) is 33.7. The topological polar surface area (TPSA) is 124 Å². The van der Waals surface area contributed by atoms with Crippen LogP contribution in [0.4, 0.5) is 0 Å². The van der Waals surface area contributed by atoms with E-state index in [0.717, 1.165) is 38.5 Å². The molecular weight excluding hydrogens is 468 g/mol. The number of benzene rings is 1. The summed E-state index contributed by atoms with van der Waals surface area (Å²) in [6, 6.07) is 8.53. The Bertz CT molecular complexity index is 838. The van der Waals surface area contributed by atoms with Gasteiger partial charge in [0.1, 0.15) is 6.10 Å². The Balaban J connectivity index is 1.95. The van der Waals surface area contributed by atoms with Crippen LogP contribution in [0.2, 0.25) is 0 Å². The maximum Gasteiger partial charge on any atom is 0.226 e. The maximum absolute atomic E-state index is 14.2. The van der Waals surface area contributed by atoms with E-state index < -0.39 is 36.2 Å². The number of amides is 2. The van der Waals surface area contributed by atoms with E-state index in [-0.39, 0.29) is 24.8 Å². The van der Waals surface area contributed by atoms with Crippen LogP contribution in [0.5, 0.6) is 0 Å². The second kappa shape index (κ2) is 14.3. The van der Waals surface area contributed by atoms with Crippen LogP contribution in [0.25, 0.3) is 0 Å². The summed E-state index contributed by atoms with van der Waals surface area (Å²) in [4.78, 5) is 27.7. The SMILES string of the molecule is CC(C)C[C@H](O)[C@H](O)[C@H](CC1CCCCC1)N(C[C@H](O)c1ccccc1)C(=O)C(CC(N)=O)CC1CC1. The molecule has 0 radical (unpaired) electrons. The summed E-state index contributed by atoms with van der Waals surface area (Å²) in [6.45, 7) is 3.98. The van der Waals surface area contributed by atoms with Gasteiger partial charge in [-0.05, 0) is 42.6 Å². The predicted octanol–water partition coefficient (Wildman–Crippen LogP) is 3.95. The summed E-state index contributed by atoms with van der Waals surface area (Å²) >= 11 is 0. The number of hydrogen-bond acceptors (Lipinski definition) is 5. The quantitative estimate of drug-likeness (QED) is 0.281. The Morgan fingerprint density at radius 2 is 1.57 bits per heavy atom. The molecule has 37 heavy (non-hydrogen) atoms. The molecule has 0 heterocycles. The first kappa shape index (κ1) is 29.6.